The molecule has 5 nitrogen and oxygen atoms in total. The van der Waals surface area contributed by atoms with Crippen LogP contribution in [0.4, 0.5) is 22.7 Å². The Morgan fingerprint density at radius 2 is 1.02 bits per heavy atom. The zero-order valence-electron chi connectivity index (χ0n) is 51.8. The number of hydrogen-bond acceptors (Lipinski definition) is 2. The van der Waals surface area contributed by atoms with Crippen molar-refractivity contribution >= 4 is 50.6 Å². The smallest absolute Gasteiger partial charge is 0.457 e. The molecule has 0 saturated carbocycles. The highest BCUT2D eigenvalue weighted by atomic mass is 16.5. The summed E-state index contributed by atoms with van der Waals surface area (Å²) >= 11 is 0. The van der Waals surface area contributed by atoms with Crippen molar-refractivity contribution in [1.29, 1.82) is 0 Å². The molecule has 85 heavy (non-hydrogen) atoms. The molecule has 0 unspecified atom stereocenters. The van der Waals surface area contributed by atoms with Gasteiger partial charge in [-0.15, -0.1) is 0 Å². The van der Waals surface area contributed by atoms with Crippen LogP contribution >= 0.6 is 0 Å². The Balaban J connectivity index is 0.952. The van der Waals surface area contributed by atoms with E-state index in [0.29, 0.717) is 0 Å². The highest BCUT2D eigenvalue weighted by Crippen LogP contribution is 2.50. The number of aromatic nitrogens is 2. The standard InChI is InChI=1S/C80H78N4O/c1-76(2,3)56-43-55(44-57(46-56)77(4,5)6)63-33-23-32-62(53-27-18-15-19-28-53)75(63)83-51-82(69-34-20-21-35-70(69)83)58-29-22-30-59(47-58)85-60-38-39-64-72(48-60)84(71-36-24-31-61(74(64)71)52-25-16-14-17-26-52)73-49-67(78(7,8)9)65(50-81-73)54-37-40-66-68(45-54)80(12,13)42-41-79(66,10)11/h14-40,43-50H,41-42H2,1-13H3/q+2. The lowest BCUT2D eigenvalue weighted by Gasteiger charge is -2.42. The van der Waals surface area contributed by atoms with E-state index in [2.05, 4.69) is 316 Å². The van der Waals surface area contributed by atoms with Crippen LogP contribution < -0.4 is 13.9 Å². The molecule has 9 aromatic carbocycles. The van der Waals surface area contributed by atoms with Crippen molar-refractivity contribution < 1.29 is 4.74 Å². The minimum Gasteiger partial charge on any atom is -0.457 e. The van der Waals surface area contributed by atoms with Crippen LogP contribution in [0.2, 0.25) is 0 Å². The molecule has 1 aliphatic carbocycles. The van der Waals surface area contributed by atoms with Gasteiger partial charge in [0.1, 0.15) is 17.3 Å². The van der Waals surface area contributed by atoms with Gasteiger partial charge in [-0.05, 0) is 147 Å². The number of ether oxygens (including phenoxy) is 1. The van der Waals surface area contributed by atoms with Crippen molar-refractivity contribution in [2.24, 2.45) is 0 Å². The molecule has 11 aromatic rings. The summed E-state index contributed by atoms with van der Waals surface area (Å²) in [5.41, 5.74) is 22.3. The highest BCUT2D eigenvalue weighted by molar-refractivity contribution is 6.16. The number of rotatable bonds is 9. The largest absolute Gasteiger partial charge is 0.503 e. The first-order valence-corrected chi connectivity index (χ1v) is 30.4. The second-order valence-electron chi connectivity index (χ2n) is 28.2. The van der Waals surface area contributed by atoms with Crippen LogP contribution in [0.3, 0.4) is 0 Å². The van der Waals surface area contributed by atoms with Crippen LogP contribution in [0, 0.1) is 0 Å². The van der Waals surface area contributed by atoms with Gasteiger partial charge in [-0.25, -0.2) is 4.98 Å². The summed E-state index contributed by atoms with van der Waals surface area (Å²) in [4.78, 5) is 5.44. The van der Waals surface area contributed by atoms with Crippen molar-refractivity contribution in [3.05, 3.63) is 240 Å². The third-order valence-corrected chi connectivity index (χ3v) is 18.1. The number of benzene rings is 9. The maximum atomic E-state index is 7.05. The molecule has 0 atom stereocenters. The second kappa shape index (κ2) is 20.4. The summed E-state index contributed by atoms with van der Waals surface area (Å²) in [7, 11) is 0. The number of para-hydroxylation sites is 3. The molecule has 0 saturated heterocycles. The van der Waals surface area contributed by atoms with E-state index in [1.807, 2.05) is 6.07 Å². The van der Waals surface area contributed by atoms with Gasteiger partial charge in [0, 0.05) is 46.8 Å². The Morgan fingerprint density at radius 3 is 1.68 bits per heavy atom. The lowest BCUT2D eigenvalue weighted by Crippen LogP contribution is -2.33. The van der Waals surface area contributed by atoms with Crippen LogP contribution in [-0.4, -0.2) is 15.6 Å². The molecule has 422 valence electrons. The molecule has 3 heterocycles. The minimum atomic E-state index is -0.186. The zero-order chi connectivity index (χ0) is 59.4. The Kier molecular flexibility index (Phi) is 13.3. The quantitative estimate of drug-likeness (QED) is 0.135. The van der Waals surface area contributed by atoms with Crippen LogP contribution in [0.5, 0.6) is 11.5 Å². The van der Waals surface area contributed by atoms with E-state index in [1.165, 1.54) is 67.4 Å². The molecule has 2 aliphatic rings. The third-order valence-electron chi connectivity index (χ3n) is 18.1. The van der Waals surface area contributed by atoms with Crippen molar-refractivity contribution in [2.75, 3.05) is 0 Å². The molecule has 0 fully saturated rings. The molecule has 13 rings (SSSR count). The third kappa shape index (κ3) is 10.0. The van der Waals surface area contributed by atoms with Crippen molar-refractivity contribution in [2.45, 2.75) is 130 Å². The van der Waals surface area contributed by atoms with E-state index in [4.69, 9.17) is 9.72 Å². The molecule has 0 bridgehead atoms. The average molecular weight is 1110 g/mol. The van der Waals surface area contributed by atoms with Gasteiger partial charge in [0.15, 0.2) is 0 Å². The van der Waals surface area contributed by atoms with E-state index in [-0.39, 0.29) is 27.1 Å². The zero-order valence-corrected chi connectivity index (χ0v) is 51.8. The van der Waals surface area contributed by atoms with Crippen LogP contribution in [0.1, 0.15) is 131 Å². The number of fused-ring (bicyclic) bond motifs is 5. The molecule has 0 N–H and O–H groups in total. The summed E-state index contributed by atoms with van der Waals surface area (Å²) < 4.78 is 13.9. The highest BCUT2D eigenvalue weighted by Gasteiger charge is 2.41. The lowest BCUT2D eigenvalue weighted by atomic mass is 9.63. The van der Waals surface area contributed by atoms with Gasteiger partial charge in [-0.2, -0.15) is 0 Å². The van der Waals surface area contributed by atoms with Gasteiger partial charge >= 0.3 is 6.01 Å². The summed E-state index contributed by atoms with van der Waals surface area (Å²) in [6.07, 6.45) is 4.48. The van der Waals surface area contributed by atoms with E-state index in [9.17, 15) is 0 Å². The molecule has 0 amide bonds. The fourth-order valence-corrected chi connectivity index (χ4v) is 13.1. The molecule has 0 radical (unpaired) electrons. The van der Waals surface area contributed by atoms with Gasteiger partial charge in [0.05, 0.1) is 28.2 Å². The molecule has 1 aliphatic heterocycles. The molecule has 0 spiro atoms. The molecule has 5 heteroatoms. The first-order chi connectivity index (χ1) is 40.5. The maximum Gasteiger partial charge on any atom is 0.503 e. The van der Waals surface area contributed by atoms with Gasteiger partial charge in [0.2, 0.25) is 11.4 Å². The number of hydrogen-bond donors (Lipinski definition) is 0. The number of nitrogens with zero attached hydrogens (tertiary/aromatic N) is 4. The summed E-state index contributed by atoms with van der Waals surface area (Å²) in [5.74, 6) is 2.32. The van der Waals surface area contributed by atoms with Crippen molar-refractivity contribution in [3.8, 4) is 61.8 Å². The van der Waals surface area contributed by atoms with Crippen LogP contribution in [0.15, 0.2) is 212 Å². The summed E-state index contributed by atoms with van der Waals surface area (Å²) in [6, 6.07) is 79.1. The average Bonchev–Trinajstić information content (AvgIpc) is 1.84. The van der Waals surface area contributed by atoms with Crippen molar-refractivity contribution in [3.63, 3.8) is 0 Å². The fraction of sp³-hybridized carbons (Fsp3) is 0.250. The first-order valence-electron chi connectivity index (χ1n) is 30.4. The Labute approximate surface area is 503 Å². The Hall–Kier alpha value is -8.89. The van der Waals surface area contributed by atoms with Crippen molar-refractivity contribution in [1.82, 2.24) is 18.7 Å². The van der Waals surface area contributed by atoms with Gasteiger partial charge < -0.3 is 4.74 Å². The van der Waals surface area contributed by atoms with Crippen LogP contribution in [0.25, 0.3) is 72.1 Å². The fourth-order valence-electron chi connectivity index (χ4n) is 13.1. The minimum absolute atomic E-state index is 0.0514. The van der Waals surface area contributed by atoms with Gasteiger partial charge in [-0.1, -0.05) is 223 Å². The van der Waals surface area contributed by atoms with E-state index >= 15 is 0 Å². The van der Waals surface area contributed by atoms with Gasteiger partial charge in [0.25, 0.3) is 11.4 Å². The Bertz CT molecular complexity index is 4490. The van der Waals surface area contributed by atoms with E-state index in [1.54, 1.807) is 0 Å². The van der Waals surface area contributed by atoms with Gasteiger partial charge in [-0.3, -0.25) is 4.57 Å². The van der Waals surface area contributed by atoms with E-state index < -0.39 is 0 Å². The Morgan fingerprint density at radius 1 is 0.447 bits per heavy atom. The monoisotopic (exact) mass is 1110 g/mol. The van der Waals surface area contributed by atoms with E-state index in [0.717, 1.165) is 79.6 Å². The lowest BCUT2D eigenvalue weighted by molar-refractivity contribution is 0.332. The normalized spacial score (nSPS) is 14.7. The maximum absolute atomic E-state index is 7.05. The molecular weight excluding hydrogens is 1030 g/mol. The molecule has 2 aromatic heterocycles. The summed E-state index contributed by atoms with van der Waals surface area (Å²) in [6.45, 7) is 30.4. The predicted octanol–water partition coefficient (Wildman–Crippen LogP) is 21.7. The molecular formula is C80H78N4O+2. The second-order valence-corrected chi connectivity index (χ2v) is 28.2. The predicted molar refractivity (Wildman–Crippen MR) is 359 cm³/mol. The van der Waals surface area contributed by atoms with Crippen LogP contribution in [-0.2, 0) is 27.1 Å². The first kappa shape index (κ1) is 55.3. The SMILES string of the molecule is CC(C)(C)c1cc(-c2cccc(-c3ccccc3)c2[N+]2=C=[N+](c3cccc(Oc4ccc5c6c(-c7ccccc7)cccc6n(-c6cc(C(C)(C)C)c(-c7ccc8c(c7)C(C)(C)CCC8(C)C)cn6)c5c4)c3)c3ccccc32)cc(C(C)(C)C)c1. The number of pyridine rings is 1. The topological polar surface area (TPSA) is 33.1 Å². The summed E-state index contributed by atoms with van der Waals surface area (Å²) in [5, 5.41) is 2.31.